The quantitative estimate of drug-likeness (QED) is 0.641. The number of amides is 1. The molecule has 0 fully saturated rings. The first kappa shape index (κ1) is 19.4. The number of carbonyl (C=O) groups excluding carboxylic acids is 1. The van der Waals surface area contributed by atoms with Crippen molar-refractivity contribution in [2.45, 2.75) is 20.3 Å². The third-order valence-electron chi connectivity index (χ3n) is 4.75. The molecule has 3 rings (SSSR count). The summed E-state index contributed by atoms with van der Waals surface area (Å²) in [6.45, 7) is 4.71. The van der Waals surface area contributed by atoms with Gasteiger partial charge in [0.1, 0.15) is 11.6 Å². The van der Waals surface area contributed by atoms with Crippen LogP contribution in [0.4, 0.5) is 11.5 Å². The predicted octanol–water partition coefficient (Wildman–Crippen LogP) is 4.42. The average Bonchev–Trinajstić information content (AvgIpc) is 2.72. The number of methoxy groups -OCH3 is 1. The Bertz CT molecular complexity index is 935. The van der Waals surface area contributed by atoms with Crippen LogP contribution in [0.25, 0.3) is 0 Å². The van der Waals surface area contributed by atoms with Gasteiger partial charge < -0.3 is 15.4 Å². The van der Waals surface area contributed by atoms with Gasteiger partial charge in [0.2, 0.25) is 0 Å². The van der Waals surface area contributed by atoms with Crippen LogP contribution >= 0.6 is 0 Å². The zero-order chi connectivity index (χ0) is 19.9. The Morgan fingerprint density at radius 2 is 1.82 bits per heavy atom. The number of nitrogens with zero attached hydrogens (tertiary/aromatic N) is 1. The lowest BCUT2D eigenvalue weighted by atomic mass is 10.1. The second kappa shape index (κ2) is 9.04. The molecule has 0 aliphatic heterocycles. The first-order valence-corrected chi connectivity index (χ1v) is 9.27. The molecule has 5 heteroatoms. The van der Waals surface area contributed by atoms with Crippen molar-refractivity contribution < 1.29 is 9.53 Å². The minimum absolute atomic E-state index is 0.126. The van der Waals surface area contributed by atoms with Gasteiger partial charge in [-0.2, -0.15) is 0 Å². The van der Waals surface area contributed by atoms with Crippen molar-refractivity contribution in [1.29, 1.82) is 0 Å². The molecule has 144 valence electrons. The smallest absolute Gasteiger partial charge is 0.252 e. The maximum absolute atomic E-state index is 12.3. The lowest BCUT2D eigenvalue weighted by molar-refractivity contribution is 0.0954. The molecule has 0 saturated heterocycles. The maximum atomic E-state index is 12.3. The third kappa shape index (κ3) is 4.88. The van der Waals surface area contributed by atoms with Crippen molar-refractivity contribution in [1.82, 2.24) is 10.3 Å². The van der Waals surface area contributed by atoms with E-state index in [1.165, 1.54) is 11.1 Å². The van der Waals surface area contributed by atoms with Crippen molar-refractivity contribution in [3.8, 4) is 5.75 Å². The Hall–Kier alpha value is -3.34. The Kier molecular flexibility index (Phi) is 6.27. The van der Waals surface area contributed by atoms with Gasteiger partial charge in [-0.1, -0.05) is 24.3 Å². The molecule has 1 amide bonds. The fraction of sp³-hybridized carbons (Fsp3) is 0.217. The number of aromatic nitrogens is 1. The van der Waals surface area contributed by atoms with Gasteiger partial charge in [-0.3, -0.25) is 4.79 Å². The molecule has 2 N–H and O–H groups in total. The molecule has 2 aromatic carbocycles. The average molecular weight is 375 g/mol. The molecule has 0 aliphatic rings. The summed E-state index contributed by atoms with van der Waals surface area (Å²) in [6, 6.07) is 17.5. The molecule has 1 heterocycles. The highest BCUT2D eigenvalue weighted by atomic mass is 16.5. The van der Waals surface area contributed by atoms with Gasteiger partial charge in [-0.15, -0.1) is 0 Å². The second-order valence-electron chi connectivity index (χ2n) is 6.66. The van der Waals surface area contributed by atoms with Gasteiger partial charge >= 0.3 is 0 Å². The molecule has 0 atom stereocenters. The molecule has 0 saturated carbocycles. The molecule has 0 spiro atoms. The number of hydrogen-bond acceptors (Lipinski definition) is 4. The van der Waals surface area contributed by atoms with Crippen LogP contribution in [-0.2, 0) is 6.42 Å². The van der Waals surface area contributed by atoms with E-state index in [9.17, 15) is 4.79 Å². The monoisotopic (exact) mass is 375 g/mol. The summed E-state index contributed by atoms with van der Waals surface area (Å²) in [5, 5.41) is 6.23. The van der Waals surface area contributed by atoms with Crippen LogP contribution in [0.15, 0.2) is 60.8 Å². The number of hydrogen-bond donors (Lipinski definition) is 2. The number of pyridine rings is 1. The third-order valence-corrected chi connectivity index (χ3v) is 4.75. The Morgan fingerprint density at radius 3 is 2.50 bits per heavy atom. The van der Waals surface area contributed by atoms with Gasteiger partial charge in [-0.05, 0) is 67.3 Å². The van der Waals surface area contributed by atoms with E-state index in [4.69, 9.17) is 4.74 Å². The fourth-order valence-corrected chi connectivity index (χ4v) is 2.84. The van der Waals surface area contributed by atoms with Crippen LogP contribution in [0.5, 0.6) is 5.75 Å². The number of benzene rings is 2. The Morgan fingerprint density at radius 1 is 1.04 bits per heavy atom. The minimum Gasteiger partial charge on any atom is -0.497 e. The van der Waals surface area contributed by atoms with Crippen LogP contribution in [0.3, 0.4) is 0 Å². The van der Waals surface area contributed by atoms with E-state index in [0.29, 0.717) is 17.9 Å². The van der Waals surface area contributed by atoms with Gasteiger partial charge in [0, 0.05) is 18.4 Å². The highest BCUT2D eigenvalue weighted by Gasteiger charge is 2.07. The largest absolute Gasteiger partial charge is 0.497 e. The normalized spacial score (nSPS) is 10.4. The van der Waals surface area contributed by atoms with Crippen molar-refractivity contribution in [3.05, 3.63) is 83.0 Å². The molecular weight excluding hydrogens is 350 g/mol. The van der Waals surface area contributed by atoms with E-state index in [1.54, 1.807) is 19.4 Å². The lowest BCUT2D eigenvalue weighted by Crippen LogP contribution is -2.25. The summed E-state index contributed by atoms with van der Waals surface area (Å²) in [5.41, 5.74) is 5.11. The summed E-state index contributed by atoms with van der Waals surface area (Å²) in [4.78, 5) is 16.7. The van der Waals surface area contributed by atoms with E-state index in [-0.39, 0.29) is 5.91 Å². The van der Waals surface area contributed by atoms with Gasteiger partial charge in [-0.25, -0.2) is 4.98 Å². The second-order valence-corrected chi connectivity index (χ2v) is 6.66. The van der Waals surface area contributed by atoms with Gasteiger partial charge in [0.15, 0.2) is 0 Å². The first-order valence-electron chi connectivity index (χ1n) is 9.27. The summed E-state index contributed by atoms with van der Waals surface area (Å²) in [6.07, 6.45) is 2.35. The number of aryl methyl sites for hydroxylation is 1. The van der Waals surface area contributed by atoms with E-state index in [1.807, 2.05) is 42.5 Å². The van der Waals surface area contributed by atoms with E-state index in [2.05, 4.69) is 35.5 Å². The number of carbonyl (C=O) groups is 1. The first-order chi connectivity index (χ1) is 13.6. The summed E-state index contributed by atoms with van der Waals surface area (Å²) in [5.74, 6) is 1.41. The molecule has 0 bridgehead atoms. The molecule has 5 nitrogen and oxygen atoms in total. The van der Waals surface area contributed by atoms with Crippen LogP contribution < -0.4 is 15.4 Å². The molecule has 3 aromatic rings. The molecular formula is C23H25N3O2. The molecule has 0 unspecified atom stereocenters. The Labute approximate surface area is 165 Å². The SMILES string of the molecule is COc1ccc(CCNC(=O)c2ccc(Nc3cccc(C)c3C)nc2)cc1. The topological polar surface area (TPSA) is 63.2 Å². The molecule has 0 radical (unpaired) electrons. The molecule has 28 heavy (non-hydrogen) atoms. The van der Waals surface area contributed by atoms with Crippen LogP contribution in [-0.4, -0.2) is 24.5 Å². The summed E-state index contributed by atoms with van der Waals surface area (Å²) >= 11 is 0. The molecule has 1 aromatic heterocycles. The predicted molar refractivity (Wildman–Crippen MR) is 112 cm³/mol. The number of rotatable bonds is 7. The summed E-state index contributed by atoms with van der Waals surface area (Å²) in [7, 11) is 1.64. The maximum Gasteiger partial charge on any atom is 0.252 e. The van der Waals surface area contributed by atoms with Crippen LogP contribution in [0, 0.1) is 13.8 Å². The van der Waals surface area contributed by atoms with Crippen LogP contribution in [0.2, 0.25) is 0 Å². The lowest BCUT2D eigenvalue weighted by Gasteiger charge is -2.11. The minimum atomic E-state index is -0.126. The van der Waals surface area contributed by atoms with Crippen molar-refractivity contribution in [2.24, 2.45) is 0 Å². The highest BCUT2D eigenvalue weighted by Crippen LogP contribution is 2.21. The zero-order valence-corrected chi connectivity index (χ0v) is 16.5. The fourth-order valence-electron chi connectivity index (χ4n) is 2.84. The Balaban J connectivity index is 1.53. The summed E-state index contributed by atoms with van der Waals surface area (Å²) < 4.78 is 5.15. The number of anilines is 2. The highest BCUT2D eigenvalue weighted by molar-refractivity contribution is 5.94. The van der Waals surface area contributed by atoms with Crippen molar-refractivity contribution in [2.75, 3.05) is 19.0 Å². The van der Waals surface area contributed by atoms with E-state index < -0.39 is 0 Å². The van der Waals surface area contributed by atoms with E-state index >= 15 is 0 Å². The number of nitrogens with one attached hydrogen (secondary N) is 2. The standard InChI is InChI=1S/C23H25N3O2/c1-16-5-4-6-21(17(16)2)26-22-12-9-19(15-25-22)23(27)24-14-13-18-7-10-20(28-3)11-8-18/h4-12,15H,13-14H2,1-3H3,(H,24,27)(H,25,26). The molecule has 0 aliphatic carbocycles. The van der Waals surface area contributed by atoms with Gasteiger partial charge in [0.05, 0.1) is 12.7 Å². The van der Waals surface area contributed by atoms with Crippen molar-refractivity contribution >= 4 is 17.4 Å². The van der Waals surface area contributed by atoms with Gasteiger partial charge in [0.25, 0.3) is 5.91 Å². The van der Waals surface area contributed by atoms with E-state index in [0.717, 1.165) is 23.4 Å². The number of ether oxygens (including phenoxy) is 1. The van der Waals surface area contributed by atoms with Crippen molar-refractivity contribution in [3.63, 3.8) is 0 Å². The zero-order valence-electron chi connectivity index (χ0n) is 16.5. The van der Waals surface area contributed by atoms with Crippen LogP contribution in [0.1, 0.15) is 27.0 Å².